The molecule has 90 valence electrons. The third kappa shape index (κ3) is 3.76. The van der Waals surface area contributed by atoms with Gasteiger partial charge in [0.25, 0.3) is 0 Å². The first-order chi connectivity index (χ1) is 8.21. The number of nitrogens with one attached hydrogen (secondary N) is 1. The molecule has 0 aliphatic rings. The van der Waals surface area contributed by atoms with Crippen molar-refractivity contribution in [3.63, 3.8) is 0 Å². The SMILES string of the molecule is C#CCC(CC)Nc1ccnc(C(=O)OC)n1. The highest BCUT2D eigenvalue weighted by molar-refractivity contribution is 5.85. The van der Waals surface area contributed by atoms with Gasteiger partial charge in [-0.15, -0.1) is 12.3 Å². The van der Waals surface area contributed by atoms with E-state index in [2.05, 4.69) is 25.9 Å². The molecule has 1 unspecified atom stereocenters. The Morgan fingerprint density at radius 2 is 2.47 bits per heavy atom. The fourth-order valence-corrected chi connectivity index (χ4v) is 1.28. The van der Waals surface area contributed by atoms with Crippen LogP contribution in [0.4, 0.5) is 5.82 Å². The molecule has 1 aromatic heterocycles. The number of carbonyl (C=O) groups is 1. The third-order valence-electron chi connectivity index (χ3n) is 2.23. The van der Waals surface area contributed by atoms with E-state index in [0.29, 0.717) is 12.2 Å². The lowest BCUT2D eigenvalue weighted by atomic mass is 10.1. The van der Waals surface area contributed by atoms with Gasteiger partial charge >= 0.3 is 5.97 Å². The maximum Gasteiger partial charge on any atom is 0.376 e. The fourth-order valence-electron chi connectivity index (χ4n) is 1.28. The molecule has 1 rings (SSSR count). The molecule has 1 atom stereocenters. The number of rotatable bonds is 5. The monoisotopic (exact) mass is 233 g/mol. The lowest BCUT2D eigenvalue weighted by molar-refractivity contribution is 0.0587. The highest BCUT2D eigenvalue weighted by Crippen LogP contribution is 2.08. The average molecular weight is 233 g/mol. The van der Waals surface area contributed by atoms with E-state index in [-0.39, 0.29) is 11.9 Å². The van der Waals surface area contributed by atoms with Crippen molar-refractivity contribution in [2.24, 2.45) is 0 Å². The van der Waals surface area contributed by atoms with Gasteiger partial charge in [0, 0.05) is 18.7 Å². The number of hydrogen-bond donors (Lipinski definition) is 1. The van der Waals surface area contributed by atoms with Crippen LogP contribution in [0.1, 0.15) is 30.4 Å². The average Bonchev–Trinajstić information content (AvgIpc) is 2.37. The van der Waals surface area contributed by atoms with Crippen LogP contribution in [-0.2, 0) is 4.74 Å². The Bertz CT molecular complexity index is 426. The van der Waals surface area contributed by atoms with Crippen LogP contribution < -0.4 is 5.32 Å². The minimum absolute atomic E-state index is 0.0352. The number of nitrogens with zero attached hydrogens (tertiary/aromatic N) is 2. The highest BCUT2D eigenvalue weighted by Gasteiger charge is 2.11. The van der Waals surface area contributed by atoms with E-state index in [1.54, 1.807) is 6.07 Å². The quantitative estimate of drug-likeness (QED) is 0.616. The van der Waals surface area contributed by atoms with Crippen molar-refractivity contribution in [2.45, 2.75) is 25.8 Å². The minimum Gasteiger partial charge on any atom is -0.463 e. The second-order valence-electron chi connectivity index (χ2n) is 3.41. The van der Waals surface area contributed by atoms with Gasteiger partial charge in [-0.1, -0.05) is 6.92 Å². The van der Waals surface area contributed by atoms with Gasteiger partial charge in [-0.3, -0.25) is 0 Å². The van der Waals surface area contributed by atoms with Crippen LogP contribution in [0.25, 0.3) is 0 Å². The molecule has 1 N–H and O–H groups in total. The maximum absolute atomic E-state index is 11.2. The number of hydrogen-bond acceptors (Lipinski definition) is 5. The van der Waals surface area contributed by atoms with Crippen molar-refractivity contribution in [2.75, 3.05) is 12.4 Å². The van der Waals surface area contributed by atoms with Crippen LogP contribution in [0.3, 0.4) is 0 Å². The number of esters is 1. The van der Waals surface area contributed by atoms with Crippen LogP contribution in [-0.4, -0.2) is 29.1 Å². The predicted molar refractivity (Wildman–Crippen MR) is 64.5 cm³/mol. The van der Waals surface area contributed by atoms with Crippen molar-refractivity contribution in [1.82, 2.24) is 9.97 Å². The zero-order valence-electron chi connectivity index (χ0n) is 9.93. The van der Waals surface area contributed by atoms with Crippen LogP contribution in [0, 0.1) is 12.3 Å². The summed E-state index contributed by atoms with van der Waals surface area (Å²) in [7, 11) is 1.29. The number of ether oxygens (including phenoxy) is 1. The van der Waals surface area contributed by atoms with Crippen molar-refractivity contribution in [3.05, 3.63) is 18.1 Å². The largest absolute Gasteiger partial charge is 0.463 e. The Balaban J connectivity index is 2.78. The molecular weight excluding hydrogens is 218 g/mol. The molecule has 5 heteroatoms. The lowest BCUT2D eigenvalue weighted by Crippen LogP contribution is -2.19. The van der Waals surface area contributed by atoms with E-state index in [9.17, 15) is 4.79 Å². The van der Waals surface area contributed by atoms with Gasteiger partial charge in [-0.05, 0) is 12.5 Å². The van der Waals surface area contributed by atoms with E-state index >= 15 is 0 Å². The molecule has 0 aliphatic carbocycles. The molecule has 0 aromatic carbocycles. The topological polar surface area (TPSA) is 64.1 Å². The molecule has 1 aromatic rings. The van der Waals surface area contributed by atoms with Crippen molar-refractivity contribution in [3.8, 4) is 12.3 Å². The zero-order valence-corrected chi connectivity index (χ0v) is 9.93. The minimum atomic E-state index is -0.557. The third-order valence-corrected chi connectivity index (χ3v) is 2.23. The Morgan fingerprint density at radius 3 is 3.06 bits per heavy atom. The first kappa shape index (κ1) is 13.0. The van der Waals surface area contributed by atoms with Crippen LogP contribution in [0.2, 0.25) is 0 Å². The molecule has 0 bridgehead atoms. The number of carbonyl (C=O) groups excluding carboxylic acids is 1. The first-order valence-corrected chi connectivity index (χ1v) is 5.32. The van der Waals surface area contributed by atoms with E-state index in [1.165, 1.54) is 13.3 Å². The summed E-state index contributed by atoms with van der Waals surface area (Å²) < 4.78 is 4.55. The van der Waals surface area contributed by atoms with E-state index < -0.39 is 5.97 Å². The Labute approximate surface area is 101 Å². The summed E-state index contributed by atoms with van der Waals surface area (Å²) >= 11 is 0. The van der Waals surface area contributed by atoms with Crippen molar-refractivity contribution >= 4 is 11.8 Å². The highest BCUT2D eigenvalue weighted by atomic mass is 16.5. The second kappa shape index (κ2) is 6.48. The fraction of sp³-hybridized carbons (Fsp3) is 0.417. The van der Waals surface area contributed by atoms with Gasteiger partial charge in [0.1, 0.15) is 5.82 Å². The summed E-state index contributed by atoms with van der Waals surface area (Å²) in [5.41, 5.74) is 0. The number of anilines is 1. The number of aromatic nitrogens is 2. The van der Waals surface area contributed by atoms with Crippen molar-refractivity contribution in [1.29, 1.82) is 0 Å². The van der Waals surface area contributed by atoms with Crippen LogP contribution in [0.5, 0.6) is 0 Å². The van der Waals surface area contributed by atoms with Gasteiger partial charge in [0.05, 0.1) is 7.11 Å². The summed E-state index contributed by atoms with van der Waals surface area (Å²) in [5.74, 6) is 2.64. The lowest BCUT2D eigenvalue weighted by Gasteiger charge is -2.14. The molecule has 0 aliphatic heterocycles. The summed E-state index contributed by atoms with van der Waals surface area (Å²) in [6, 6.07) is 1.83. The van der Waals surface area contributed by atoms with E-state index in [1.807, 2.05) is 6.92 Å². The molecule has 5 nitrogen and oxygen atoms in total. The van der Waals surface area contributed by atoms with Crippen molar-refractivity contribution < 1.29 is 9.53 Å². The zero-order chi connectivity index (χ0) is 12.7. The summed E-state index contributed by atoms with van der Waals surface area (Å²) in [5, 5.41) is 3.15. The Morgan fingerprint density at radius 1 is 1.71 bits per heavy atom. The smallest absolute Gasteiger partial charge is 0.376 e. The maximum atomic E-state index is 11.2. The van der Waals surface area contributed by atoms with E-state index in [4.69, 9.17) is 6.42 Å². The second-order valence-corrected chi connectivity index (χ2v) is 3.41. The normalized spacial score (nSPS) is 11.4. The van der Waals surface area contributed by atoms with Gasteiger partial charge in [-0.25, -0.2) is 14.8 Å². The van der Waals surface area contributed by atoms with Crippen LogP contribution in [0.15, 0.2) is 12.3 Å². The predicted octanol–water partition coefficient (Wildman–Crippen LogP) is 1.48. The molecule has 0 saturated carbocycles. The molecule has 0 fully saturated rings. The molecule has 1 heterocycles. The van der Waals surface area contributed by atoms with Gasteiger partial charge in [-0.2, -0.15) is 0 Å². The number of terminal acetylenes is 1. The van der Waals surface area contributed by atoms with Crippen LogP contribution >= 0.6 is 0 Å². The Hall–Kier alpha value is -2.09. The van der Waals surface area contributed by atoms with E-state index in [0.717, 1.165) is 6.42 Å². The standard InChI is InChI=1S/C12H15N3O2/c1-4-6-9(5-2)14-10-7-8-13-11(15-10)12(16)17-3/h1,7-9H,5-6H2,2-3H3,(H,13,14,15). The summed E-state index contributed by atoms with van der Waals surface area (Å²) in [6.07, 6.45) is 8.25. The van der Waals surface area contributed by atoms with Gasteiger partial charge in [0.15, 0.2) is 0 Å². The van der Waals surface area contributed by atoms with Gasteiger partial charge < -0.3 is 10.1 Å². The first-order valence-electron chi connectivity index (χ1n) is 5.32. The molecule has 0 spiro atoms. The summed E-state index contributed by atoms with van der Waals surface area (Å²) in [6.45, 7) is 2.03. The number of methoxy groups -OCH3 is 1. The van der Waals surface area contributed by atoms with Gasteiger partial charge in [0.2, 0.25) is 5.82 Å². The molecule has 0 amide bonds. The molecule has 17 heavy (non-hydrogen) atoms. The summed E-state index contributed by atoms with van der Waals surface area (Å²) in [4.78, 5) is 19.1. The Kier molecular flexibility index (Phi) is 4.95. The molecule has 0 saturated heterocycles. The molecular formula is C12H15N3O2. The molecule has 0 radical (unpaired) electrons.